The molecule has 2 atom stereocenters. The molecule has 2 rings (SSSR count). The quantitative estimate of drug-likeness (QED) is 0.638. The van der Waals surface area contributed by atoms with Crippen molar-refractivity contribution in [1.82, 2.24) is 15.5 Å². The molecule has 0 fully saturated rings. The van der Waals surface area contributed by atoms with Gasteiger partial charge in [-0.05, 0) is 38.2 Å². The summed E-state index contributed by atoms with van der Waals surface area (Å²) < 4.78 is 33.3. The first-order valence-electron chi connectivity index (χ1n) is 9.99. The third kappa shape index (κ3) is 6.01. The van der Waals surface area contributed by atoms with E-state index in [0.717, 1.165) is 17.7 Å². The fraction of sp³-hybridized carbons (Fsp3) is 0.391. The molecule has 0 aliphatic carbocycles. The van der Waals surface area contributed by atoms with Crippen LogP contribution in [0.4, 0.5) is 8.78 Å². The highest BCUT2D eigenvalue weighted by molar-refractivity contribution is 5.98. The highest BCUT2D eigenvalue weighted by atomic mass is 19.1. The van der Waals surface area contributed by atoms with Crippen molar-refractivity contribution in [2.45, 2.75) is 25.9 Å². The van der Waals surface area contributed by atoms with Crippen LogP contribution in [0.15, 0.2) is 42.5 Å². The molecule has 0 aliphatic heterocycles. The van der Waals surface area contributed by atoms with Crippen LogP contribution in [0.25, 0.3) is 0 Å². The molecule has 2 unspecified atom stereocenters. The number of halogens is 2. The van der Waals surface area contributed by atoms with Crippen molar-refractivity contribution in [2.75, 3.05) is 27.7 Å². The Balaban J connectivity index is 2.15. The van der Waals surface area contributed by atoms with Gasteiger partial charge in [0.1, 0.15) is 29.0 Å². The van der Waals surface area contributed by atoms with E-state index in [0.29, 0.717) is 5.75 Å². The van der Waals surface area contributed by atoms with Crippen LogP contribution in [-0.4, -0.2) is 50.5 Å². The fourth-order valence-electron chi connectivity index (χ4n) is 3.28. The number of rotatable bonds is 9. The zero-order valence-corrected chi connectivity index (χ0v) is 18.4. The van der Waals surface area contributed by atoms with Gasteiger partial charge in [-0.25, -0.2) is 8.78 Å². The van der Waals surface area contributed by atoms with Crippen LogP contribution in [0, 0.1) is 17.6 Å². The number of hydrogen-bond acceptors (Lipinski definition) is 4. The Hall–Kier alpha value is -3.00. The first-order valence-corrected chi connectivity index (χ1v) is 9.99. The van der Waals surface area contributed by atoms with Crippen LogP contribution in [0.1, 0.15) is 35.8 Å². The van der Waals surface area contributed by atoms with Crippen molar-refractivity contribution < 1.29 is 23.1 Å². The molecular formula is C23H29F2N3O3. The Morgan fingerprint density at radius 2 is 1.65 bits per heavy atom. The summed E-state index contributed by atoms with van der Waals surface area (Å²) in [5, 5.41) is 5.30. The van der Waals surface area contributed by atoms with Crippen molar-refractivity contribution in [3.63, 3.8) is 0 Å². The first kappa shape index (κ1) is 24.3. The molecule has 0 radical (unpaired) electrons. The van der Waals surface area contributed by atoms with Gasteiger partial charge < -0.3 is 20.3 Å². The van der Waals surface area contributed by atoms with Crippen LogP contribution in [0.2, 0.25) is 0 Å². The molecule has 0 saturated carbocycles. The predicted octanol–water partition coefficient (Wildman–Crippen LogP) is 3.15. The van der Waals surface area contributed by atoms with Crippen molar-refractivity contribution in [1.29, 1.82) is 0 Å². The second-order valence-electron chi connectivity index (χ2n) is 7.76. The molecule has 0 aromatic heterocycles. The van der Waals surface area contributed by atoms with Crippen LogP contribution >= 0.6 is 0 Å². The molecule has 0 aliphatic rings. The van der Waals surface area contributed by atoms with E-state index in [4.69, 9.17) is 4.74 Å². The summed E-state index contributed by atoms with van der Waals surface area (Å²) in [5.74, 6) is -2.99. The maximum absolute atomic E-state index is 13.9. The van der Waals surface area contributed by atoms with E-state index in [1.54, 1.807) is 21.0 Å². The largest absolute Gasteiger partial charge is 0.496 e. The van der Waals surface area contributed by atoms with E-state index < -0.39 is 35.1 Å². The molecule has 2 amide bonds. The molecule has 2 aromatic carbocycles. The number of hydrogen-bond donors (Lipinski definition) is 2. The van der Waals surface area contributed by atoms with Gasteiger partial charge in [0.15, 0.2) is 0 Å². The van der Waals surface area contributed by atoms with E-state index in [1.165, 1.54) is 6.07 Å². The molecule has 0 saturated heterocycles. The summed E-state index contributed by atoms with van der Waals surface area (Å²) in [6.45, 7) is 3.73. The molecule has 6 nitrogen and oxygen atoms in total. The highest BCUT2D eigenvalue weighted by Gasteiger charge is 2.28. The Morgan fingerprint density at radius 3 is 2.19 bits per heavy atom. The van der Waals surface area contributed by atoms with Crippen molar-refractivity contribution in [3.05, 3.63) is 65.2 Å². The Kier molecular flexibility index (Phi) is 8.50. The number of ether oxygens (including phenoxy) is 1. The number of nitrogens with zero attached hydrogens (tertiary/aromatic N) is 1. The zero-order chi connectivity index (χ0) is 23.1. The molecule has 2 aromatic rings. The molecule has 0 heterocycles. The summed E-state index contributed by atoms with van der Waals surface area (Å²) in [6.07, 6.45) is 0. The average molecular weight is 433 g/mol. The van der Waals surface area contributed by atoms with Crippen molar-refractivity contribution in [2.24, 2.45) is 5.92 Å². The van der Waals surface area contributed by atoms with Crippen LogP contribution in [-0.2, 0) is 4.79 Å². The van der Waals surface area contributed by atoms with Gasteiger partial charge in [-0.15, -0.1) is 0 Å². The van der Waals surface area contributed by atoms with Crippen LogP contribution in [0.5, 0.6) is 5.75 Å². The minimum atomic E-state index is -0.982. The van der Waals surface area contributed by atoms with Gasteiger partial charge in [0.05, 0.1) is 13.2 Å². The number of benzene rings is 2. The monoisotopic (exact) mass is 433 g/mol. The van der Waals surface area contributed by atoms with Gasteiger partial charge in [-0.2, -0.15) is 0 Å². The number of amides is 2. The third-order valence-corrected chi connectivity index (χ3v) is 5.02. The Bertz CT molecular complexity index is 898. The van der Waals surface area contributed by atoms with Crippen molar-refractivity contribution in [3.8, 4) is 5.75 Å². The van der Waals surface area contributed by atoms with Gasteiger partial charge in [0, 0.05) is 12.1 Å². The van der Waals surface area contributed by atoms with Gasteiger partial charge in [-0.1, -0.05) is 38.1 Å². The van der Waals surface area contributed by atoms with E-state index in [9.17, 15) is 18.4 Å². The van der Waals surface area contributed by atoms with E-state index in [-0.39, 0.29) is 18.5 Å². The summed E-state index contributed by atoms with van der Waals surface area (Å²) in [7, 11) is 5.34. The minimum absolute atomic E-state index is 0.187. The first-order chi connectivity index (χ1) is 14.7. The SMILES string of the molecule is COc1ccccc1C(CNC(=O)C(NC(=O)c1c(F)cccc1F)C(C)C)N(C)C. The summed E-state index contributed by atoms with van der Waals surface area (Å²) in [5.41, 5.74) is 0.190. The Labute approximate surface area is 181 Å². The lowest BCUT2D eigenvalue weighted by Gasteiger charge is -2.28. The van der Waals surface area contributed by atoms with E-state index >= 15 is 0 Å². The van der Waals surface area contributed by atoms with Crippen LogP contribution < -0.4 is 15.4 Å². The Morgan fingerprint density at radius 1 is 1.03 bits per heavy atom. The second-order valence-corrected chi connectivity index (χ2v) is 7.76. The van der Waals surface area contributed by atoms with Gasteiger partial charge in [0.25, 0.3) is 5.91 Å². The van der Waals surface area contributed by atoms with E-state index in [2.05, 4.69) is 10.6 Å². The second kappa shape index (κ2) is 10.9. The molecule has 0 bridgehead atoms. The average Bonchev–Trinajstić information content (AvgIpc) is 2.71. The minimum Gasteiger partial charge on any atom is -0.496 e. The molecular weight excluding hydrogens is 404 g/mol. The predicted molar refractivity (Wildman–Crippen MR) is 115 cm³/mol. The summed E-state index contributed by atoms with van der Waals surface area (Å²) in [6, 6.07) is 9.52. The molecule has 0 spiro atoms. The van der Waals surface area contributed by atoms with Gasteiger partial charge in [0.2, 0.25) is 5.91 Å². The number of carbonyl (C=O) groups excluding carboxylic acids is 2. The lowest BCUT2D eigenvalue weighted by atomic mass is 10.0. The lowest BCUT2D eigenvalue weighted by molar-refractivity contribution is -0.124. The number of para-hydroxylation sites is 1. The number of likely N-dealkylation sites (N-methyl/N-ethyl adjacent to an activating group) is 1. The van der Waals surface area contributed by atoms with E-state index in [1.807, 2.05) is 43.3 Å². The van der Waals surface area contributed by atoms with Gasteiger partial charge in [-0.3, -0.25) is 9.59 Å². The smallest absolute Gasteiger partial charge is 0.257 e. The maximum Gasteiger partial charge on any atom is 0.257 e. The topological polar surface area (TPSA) is 70.7 Å². The summed E-state index contributed by atoms with van der Waals surface area (Å²) >= 11 is 0. The fourth-order valence-corrected chi connectivity index (χ4v) is 3.28. The number of methoxy groups -OCH3 is 1. The maximum atomic E-state index is 13.9. The molecule has 2 N–H and O–H groups in total. The number of nitrogens with one attached hydrogen (secondary N) is 2. The zero-order valence-electron chi connectivity index (χ0n) is 18.4. The lowest BCUT2D eigenvalue weighted by Crippen LogP contribution is -2.51. The summed E-state index contributed by atoms with van der Waals surface area (Å²) in [4.78, 5) is 27.3. The standard InChI is InChI=1S/C23H29F2N3O3/c1-14(2)21(27-22(29)20-16(24)10-8-11-17(20)25)23(30)26-13-18(28(3)4)15-9-6-7-12-19(15)31-5/h6-12,14,18,21H,13H2,1-5H3,(H,26,30)(H,27,29). The van der Waals surface area contributed by atoms with Crippen molar-refractivity contribution >= 4 is 11.8 Å². The third-order valence-electron chi connectivity index (χ3n) is 5.02. The number of carbonyl (C=O) groups is 2. The van der Waals surface area contributed by atoms with Gasteiger partial charge >= 0.3 is 0 Å². The highest BCUT2D eigenvalue weighted by Crippen LogP contribution is 2.27. The normalized spacial score (nSPS) is 13.1. The molecule has 31 heavy (non-hydrogen) atoms. The molecule has 168 valence electrons. The van der Waals surface area contributed by atoms with Crippen LogP contribution in [0.3, 0.4) is 0 Å². The molecule has 8 heteroatoms.